The summed E-state index contributed by atoms with van der Waals surface area (Å²) in [6.07, 6.45) is -0.770. The number of pyridine rings is 1. The van der Waals surface area contributed by atoms with Gasteiger partial charge in [-0.2, -0.15) is 14.3 Å². The molecule has 0 saturated heterocycles. The number of aromatic nitrogens is 3. The van der Waals surface area contributed by atoms with Gasteiger partial charge in [0.2, 0.25) is 5.96 Å². The fourth-order valence-electron chi connectivity index (χ4n) is 2.91. The lowest BCUT2D eigenvalue weighted by Crippen LogP contribution is -2.37. The molecule has 0 unspecified atom stereocenters. The predicted octanol–water partition coefficient (Wildman–Crippen LogP) is 5.19. The lowest BCUT2D eigenvalue weighted by molar-refractivity contribution is -0.207. The molecule has 3 aromatic rings. The van der Waals surface area contributed by atoms with E-state index in [4.69, 9.17) is 10.9 Å². The molecular formula is C23H22F2N8O2S. The van der Waals surface area contributed by atoms with Gasteiger partial charge in [-0.1, -0.05) is 54.4 Å². The van der Waals surface area contributed by atoms with E-state index in [2.05, 4.69) is 33.1 Å². The van der Waals surface area contributed by atoms with Gasteiger partial charge in [0.25, 0.3) is 0 Å². The van der Waals surface area contributed by atoms with Gasteiger partial charge in [0, 0.05) is 12.8 Å². The maximum absolute atomic E-state index is 14.2. The maximum Gasteiger partial charge on any atom is 0.482 e. The first-order valence-corrected chi connectivity index (χ1v) is 11.3. The van der Waals surface area contributed by atoms with E-state index in [9.17, 15) is 13.6 Å². The molecule has 3 rings (SSSR count). The monoisotopic (exact) mass is 512 g/mol. The van der Waals surface area contributed by atoms with Crippen LogP contribution in [0.15, 0.2) is 90.0 Å². The smallest absolute Gasteiger partial charge is 0.425 e. The van der Waals surface area contributed by atoms with Crippen molar-refractivity contribution < 1.29 is 18.3 Å². The number of thioether (sulfide) groups is 1. The summed E-state index contributed by atoms with van der Waals surface area (Å²) in [5.41, 5.74) is 8.96. The highest BCUT2D eigenvalue weighted by molar-refractivity contribution is 7.98. The van der Waals surface area contributed by atoms with Crippen molar-refractivity contribution in [1.29, 1.82) is 10.9 Å². The molecule has 0 aliphatic rings. The van der Waals surface area contributed by atoms with Crippen molar-refractivity contribution in [3.05, 3.63) is 85.3 Å². The van der Waals surface area contributed by atoms with Crippen LogP contribution in [0.25, 0.3) is 11.0 Å². The second kappa shape index (κ2) is 11.4. The third-order valence-electron chi connectivity index (χ3n) is 4.59. The van der Waals surface area contributed by atoms with Gasteiger partial charge in [0.15, 0.2) is 5.16 Å². The molecule has 2 aromatic heterocycles. The van der Waals surface area contributed by atoms with Crippen molar-refractivity contribution in [1.82, 2.24) is 19.5 Å². The minimum atomic E-state index is -4.17. The number of para-hydroxylation sites is 2. The second-order valence-electron chi connectivity index (χ2n) is 7.05. The topological polar surface area (TPSA) is 132 Å². The predicted molar refractivity (Wildman–Crippen MR) is 133 cm³/mol. The number of carbonyl (C=O) groups is 1. The van der Waals surface area contributed by atoms with Gasteiger partial charge in [-0.25, -0.2) is 15.0 Å². The highest BCUT2D eigenvalue weighted by Gasteiger charge is 2.42. The average Bonchev–Trinajstić information content (AvgIpc) is 3.24. The number of amides is 1. The molecule has 10 nitrogen and oxygen atoms in total. The van der Waals surface area contributed by atoms with Crippen LogP contribution in [0.5, 0.6) is 0 Å². The van der Waals surface area contributed by atoms with Crippen LogP contribution in [-0.2, 0) is 15.3 Å². The van der Waals surface area contributed by atoms with Gasteiger partial charge in [-0.15, -0.1) is 0 Å². The van der Waals surface area contributed by atoms with Crippen LogP contribution >= 0.6 is 11.8 Å². The van der Waals surface area contributed by atoms with Crippen molar-refractivity contribution in [2.45, 2.75) is 17.0 Å². The Morgan fingerprint density at radius 1 is 1.28 bits per heavy atom. The summed E-state index contributed by atoms with van der Waals surface area (Å²) in [6, 6.07) is 11.8. The molecule has 0 aliphatic heterocycles. The van der Waals surface area contributed by atoms with Crippen molar-refractivity contribution >= 4 is 40.5 Å². The summed E-state index contributed by atoms with van der Waals surface area (Å²) in [4.78, 5) is 20.9. The van der Waals surface area contributed by atoms with Gasteiger partial charge in [-0.3, -0.25) is 14.8 Å². The number of nitrogens with zero attached hydrogens (tertiary/aromatic N) is 5. The number of anilines is 1. The van der Waals surface area contributed by atoms with Crippen molar-refractivity contribution in [3.63, 3.8) is 0 Å². The van der Waals surface area contributed by atoms with E-state index in [1.54, 1.807) is 30.3 Å². The number of rotatable bonds is 10. The summed E-state index contributed by atoms with van der Waals surface area (Å²) in [5, 5.41) is 15.2. The van der Waals surface area contributed by atoms with Gasteiger partial charge < -0.3 is 10.1 Å². The van der Waals surface area contributed by atoms with E-state index < -0.39 is 12.0 Å². The van der Waals surface area contributed by atoms with Crippen LogP contribution in [0.4, 0.5) is 14.6 Å². The van der Waals surface area contributed by atoms with Gasteiger partial charge in [0.05, 0.1) is 16.7 Å². The number of imidazole rings is 1. The highest BCUT2D eigenvalue weighted by atomic mass is 32.2. The first kappa shape index (κ1) is 26.2. The molecular weight excluding hydrogens is 490 g/mol. The van der Waals surface area contributed by atoms with Crippen LogP contribution in [0.3, 0.4) is 0 Å². The number of nitrogens with one attached hydrogen (secondary N) is 3. The fourth-order valence-corrected chi connectivity index (χ4v) is 3.82. The molecule has 0 fully saturated rings. The van der Waals surface area contributed by atoms with Crippen molar-refractivity contribution in [2.24, 2.45) is 5.22 Å². The number of benzene rings is 1. The molecule has 0 radical (unpaired) electrons. The number of carbonyl (C=O) groups excluding carboxylic acids is 1. The third-order valence-corrected chi connectivity index (χ3v) is 5.56. The molecule has 1 aromatic carbocycles. The van der Waals surface area contributed by atoms with Gasteiger partial charge in [0.1, 0.15) is 11.6 Å². The summed E-state index contributed by atoms with van der Waals surface area (Å²) in [5.74, 6) is -1.95. The number of allylic oxidation sites excluding steroid dienone is 3. The molecule has 2 heterocycles. The molecule has 186 valence electrons. The highest BCUT2D eigenvalue weighted by Crippen LogP contribution is 2.27. The number of halogens is 2. The van der Waals surface area contributed by atoms with Crippen LogP contribution in [0.1, 0.15) is 5.69 Å². The number of hydrogen-bond acceptors (Lipinski definition) is 8. The zero-order chi connectivity index (χ0) is 26.3. The minimum Gasteiger partial charge on any atom is -0.425 e. The van der Waals surface area contributed by atoms with Crippen molar-refractivity contribution in [3.8, 4) is 0 Å². The Hall–Kier alpha value is -4.39. The first-order chi connectivity index (χ1) is 17.2. The Balaban J connectivity index is 1.77. The third kappa shape index (κ3) is 5.99. The molecule has 36 heavy (non-hydrogen) atoms. The van der Waals surface area contributed by atoms with Crippen LogP contribution in [-0.4, -0.2) is 44.6 Å². The normalized spacial score (nSPS) is 11.6. The minimum absolute atomic E-state index is 0.0817. The summed E-state index contributed by atoms with van der Waals surface area (Å²) >= 11 is 1.24. The molecule has 1 amide bonds. The standard InChI is InChI=1S/C23H22F2N8O2S/c1-4-9-16(5-2)35-23(24,25)20(34)30-19-13-8-10-15(28-19)14-36-22-29-17-11-6-7-12-18(17)33(22)21(26)32(3)31-27/h4-13,26-27H,1-2,14H2,3H3,(H,28,30,34)/b16-9+,26-21?,31-27?. The van der Waals surface area contributed by atoms with Crippen LogP contribution in [0.2, 0.25) is 0 Å². The molecule has 0 saturated carbocycles. The average molecular weight is 513 g/mol. The van der Waals surface area contributed by atoms with E-state index in [0.29, 0.717) is 21.9 Å². The maximum atomic E-state index is 14.2. The lowest BCUT2D eigenvalue weighted by atomic mass is 10.3. The van der Waals surface area contributed by atoms with E-state index in [-0.39, 0.29) is 23.3 Å². The van der Waals surface area contributed by atoms with Gasteiger partial charge in [-0.05, 0) is 36.4 Å². The molecule has 0 aliphatic carbocycles. The lowest BCUT2D eigenvalue weighted by Gasteiger charge is -2.17. The second-order valence-corrected chi connectivity index (χ2v) is 7.99. The number of alkyl halides is 2. The van der Waals surface area contributed by atoms with Crippen molar-refractivity contribution in [2.75, 3.05) is 12.4 Å². The molecule has 0 atom stereocenters. The molecule has 0 bridgehead atoms. The van der Waals surface area contributed by atoms with Gasteiger partial charge >= 0.3 is 12.0 Å². The van der Waals surface area contributed by atoms with E-state index >= 15 is 0 Å². The van der Waals surface area contributed by atoms with E-state index in [1.807, 2.05) is 11.4 Å². The Bertz CT molecular complexity index is 1350. The molecule has 13 heteroatoms. The zero-order valence-electron chi connectivity index (χ0n) is 19.1. The van der Waals surface area contributed by atoms with Crippen LogP contribution in [0, 0.1) is 10.9 Å². The Kier molecular flexibility index (Phi) is 8.27. The number of hydrogen-bond donors (Lipinski definition) is 3. The Morgan fingerprint density at radius 2 is 2.03 bits per heavy atom. The molecule has 0 spiro atoms. The number of fused-ring (bicyclic) bond motifs is 1. The van der Waals surface area contributed by atoms with E-state index in [0.717, 1.165) is 17.2 Å². The Labute approximate surface area is 209 Å². The fraction of sp³-hybridized carbons (Fsp3) is 0.130. The Morgan fingerprint density at radius 3 is 2.72 bits per heavy atom. The molecule has 3 N–H and O–H groups in total. The largest absolute Gasteiger partial charge is 0.482 e. The quantitative estimate of drug-likeness (QED) is 0.0652. The SMILES string of the molecule is C=C/C=C(\C=C)OC(F)(F)C(=O)Nc1cccc(CSc2nc3ccccc3n2C(=N)N(C)N=N)n1. The first-order valence-electron chi connectivity index (χ1n) is 10.3. The zero-order valence-corrected chi connectivity index (χ0v) is 19.9. The van der Waals surface area contributed by atoms with Crippen LogP contribution < -0.4 is 5.32 Å². The van der Waals surface area contributed by atoms with E-state index in [1.165, 1.54) is 35.5 Å². The summed E-state index contributed by atoms with van der Waals surface area (Å²) in [6.45, 7) is 6.74. The number of ether oxygens (including phenoxy) is 1. The summed E-state index contributed by atoms with van der Waals surface area (Å²) < 4.78 is 34.4. The summed E-state index contributed by atoms with van der Waals surface area (Å²) in [7, 11) is 1.47.